The molecule has 0 aliphatic carbocycles. The molecule has 2 amide bonds. The van der Waals surface area contributed by atoms with Gasteiger partial charge in [0.05, 0.1) is 6.54 Å². The van der Waals surface area contributed by atoms with E-state index in [4.69, 9.17) is 0 Å². The maximum absolute atomic E-state index is 12.0. The Morgan fingerprint density at radius 1 is 1.28 bits per heavy atom. The van der Waals surface area contributed by atoms with Gasteiger partial charge < -0.3 is 10.2 Å². The smallest absolute Gasteiger partial charge is 0.245 e. The van der Waals surface area contributed by atoms with E-state index in [9.17, 15) is 9.59 Å². The zero-order valence-electron chi connectivity index (χ0n) is 11.0. The summed E-state index contributed by atoms with van der Waals surface area (Å²) in [4.78, 5) is 25.1. The van der Waals surface area contributed by atoms with Gasteiger partial charge in [-0.1, -0.05) is 18.2 Å². The lowest BCUT2D eigenvalue weighted by Gasteiger charge is -2.31. The zero-order valence-corrected chi connectivity index (χ0v) is 11.0. The van der Waals surface area contributed by atoms with E-state index in [1.165, 1.54) is 0 Å². The van der Waals surface area contributed by atoms with E-state index in [1.807, 2.05) is 32.0 Å². The average Bonchev–Trinajstić information content (AvgIpc) is 2.30. The maximum Gasteiger partial charge on any atom is 0.245 e. The first-order valence-electron chi connectivity index (χ1n) is 6.12. The van der Waals surface area contributed by atoms with Gasteiger partial charge in [0, 0.05) is 6.54 Å². The fraction of sp³-hybridized carbons (Fsp3) is 0.429. The fourth-order valence-electron chi connectivity index (χ4n) is 2.30. The van der Waals surface area contributed by atoms with Gasteiger partial charge in [0.15, 0.2) is 0 Å². The highest BCUT2D eigenvalue weighted by Gasteiger charge is 2.29. The van der Waals surface area contributed by atoms with E-state index in [0.29, 0.717) is 6.54 Å². The van der Waals surface area contributed by atoms with Crippen LogP contribution in [0.25, 0.3) is 0 Å². The summed E-state index contributed by atoms with van der Waals surface area (Å²) in [7, 11) is 0. The Hall–Kier alpha value is -1.84. The average molecular weight is 246 g/mol. The summed E-state index contributed by atoms with van der Waals surface area (Å²) >= 11 is 0. The number of hydrogen-bond acceptors (Lipinski definition) is 2. The number of nitrogens with one attached hydrogen (secondary N) is 1. The third-order valence-corrected chi connectivity index (χ3v) is 3.39. The molecule has 4 nitrogen and oxygen atoms in total. The Balaban J connectivity index is 2.23. The number of aryl methyl sites for hydroxylation is 2. The molecule has 0 radical (unpaired) electrons. The lowest BCUT2D eigenvalue weighted by Crippen LogP contribution is -2.56. The van der Waals surface area contributed by atoms with Gasteiger partial charge in [0.2, 0.25) is 11.8 Å². The van der Waals surface area contributed by atoms with Crippen molar-refractivity contribution in [3.8, 4) is 0 Å². The van der Waals surface area contributed by atoms with Crippen molar-refractivity contribution in [3.05, 3.63) is 34.9 Å². The van der Waals surface area contributed by atoms with Crippen LogP contribution in [0.5, 0.6) is 0 Å². The number of carbonyl (C=O) groups excluding carboxylic acids is 2. The molecule has 1 aromatic carbocycles. The molecule has 0 saturated carbocycles. The molecule has 1 fully saturated rings. The van der Waals surface area contributed by atoms with Gasteiger partial charge in [-0.3, -0.25) is 9.59 Å². The Morgan fingerprint density at radius 3 is 2.50 bits per heavy atom. The minimum Gasteiger partial charge on any atom is -0.343 e. The summed E-state index contributed by atoms with van der Waals surface area (Å²) in [5, 5.41) is 2.64. The molecule has 1 saturated heterocycles. The van der Waals surface area contributed by atoms with Crippen LogP contribution in [-0.4, -0.2) is 29.3 Å². The lowest BCUT2D eigenvalue weighted by molar-refractivity contribution is -0.144. The number of piperazine rings is 1. The van der Waals surface area contributed by atoms with Gasteiger partial charge in [0.25, 0.3) is 0 Å². The molecule has 1 aliphatic heterocycles. The molecule has 18 heavy (non-hydrogen) atoms. The van der Waals surface area contributed by atoms with Crippen LogP contribution < -0.4 is 5.32 Å². The van der Waals surface area contributed by atoms with Gasteiger partial charge >= 0.3 is 0 Å². The summed E-state index contributed by atoms with van der Waals surface area (Å²) in [5.74, 6) is -0.106. The summed E-state index contributed by atoms with van der Waals surface area (Å²) < 4.78 is 0. The second-order valence-electron chi connectivity index (χ2n) is 4.85. The van der Waals surface area contributed by atoms with E-state index >= 15 is 0 Å². The van der Waals surface area contributed by atoms with Crippen LogP contribution in [0, 0.1) is 13.8 Å². The third-order valence-electron chi connectivity index (χ3n) is 3.39. The summed E-state index contributed by atoms with van der Waals surface area (Å²) in [6, 6.07) is 5.64. The number of amides is 2. The highest BCUT2D eigenvalue weighted by Crippen LogP contribution is 2.17. The lowest BCUT2D eigenvalue weighted by atomic mass is 10.0. The van der Waals surface area contributed by atoms with Crippen LogP contribution in [0.4, 0.5) is 0 Å². The van der Waals surface area contributed by atoms with Crippen molar-refractivity contribution in [3.63, 3.8) is 0 Å². The normalized spacial score (nSPS) is 19.9. The van der Waals surface area contributed by atoms with Crippen LogP contribution >= 0.6 is 0 Å². The summed E-state index contributed by atoms with van der Waals surface area (Å²) in [6.07, 6.45) is 0. The summed E-state index contributed by atoms with van der Waals surface area (Å²) in [5.41, 5.74) is 3.44. The first-order chi connectivity index (χ1) is 8.49. The van der Waals surface area contributed by atoms with E-state index in [-0.39, 0.29) is 18.4 Å². The van der Waals surface area contributed by atoms with Gasteiger partial charge in [-0.25, -0.2) is 0 Å². The predicted molar refractivity (Wildman–Crippen MR) is 68.9 cm³/mol. The zero-order chi connectivity index (χ0) is 13.3. The molecule has 0 spiro atoms. The molecule has 1 unspecified atom stereocenters. The number of benzene rings is 1. The van der Waals surface area contributed by atoms with Crippen molar-refractivity contribution >= 4 is 11.8 Å². The topological polar surface area (TPSA) is 49.4 Å². The largest absolute Gasteiger partial charge is 0.343 e. The van der Waals surface area contributed by atoms with Crippen molar-refractivity contribution in [1.82, 2.24) is 10.2 Å². The number of hydrogen-bond donors (Lipinski definition) is 1. The van der Waals surface area contributed by atoms with Gasteiger partial charge in [0.1, 0.15) is 6.04 Å². The molecule has 1 N–H and O–H groups in total. The minimum absolute atomic E-state index is 0.0164. The molecule has 0 bridgehead atoms. The number of rotatable bonds is 2. The highest BCUT2D eigenvalue weighted by atomic mass is 16.2. The van der Waals surface area contributed by atoms with Crippen molar-refractivity contribution in [1.29, 1.82) is 0 Å². The molecule has 1 atom stereocenters. The standard InChI is InChI=1S/C14H18N2O2/c1-9-5-4-6-10(2)12(9)7-16-8-13(17)15-11(3)14(16)18/h4-6,11H,7-8H2,1-3H3,(H,15,17). The Bertz CT molecular complexity index is 476. The quantitative estimate of drug-likeness (QED) is 0.851. The molecule has 2 rings (SSSR count). The highest BCUT2D eigenvalue weighted by molar-refractivity contribution is 5.94. The molecule has 1 heterocycles. The molecule has 1 aromatic rings. The number of nitrogens with zero attached hydrogens (tertiary/aromatic N) is 1. The van der Waals surface area contributed by atoms with E-state index in [1.54, 1.807) is 11.8 Å². The van der Waals surface area contributed by atoms with E-state index < -0.39 is 6.04 Å². The van der Waals surface area contributed by atoms with Crippen LogP contribution in [0.2, 0.25) is 0 Å². The van der Waals surface area contributed by atoms with E-state index in [0.717, 1.165) is 16.7 Å². The maximum atomic E-state index is 12.0. The molecule has 1 aliphatic rings. The van der Waals surface area contributed by atoms with Gasteiger partial charge in [-0.05, 0) is 37.5 Å². The van der Waals surface area contributed by atoms with Crippen LogP contribution in [0.15, 0.2) is 18.2 Å². The Morgan fingerprint density at radius 2 is 1.89 bits per heavy atom. The second-order valence-corrected chi connectivity index (χ2v) is 4.85. The Labute approximate surface area is 107 Å². The summed E-state index contributed by atoms with van der Waals surface area (Å²) in [6.45, 7) is 6.43. The minimum atomic E-state index is -0.421. The SMILES string of the molecule is Cc1cccc(C)c1CN1CC(=O)NC(C)C1=O. The predicted octanol–water partition coefficient (Wildman–Crippen LogP) is 1.15. The van der Waals surface area contributed by atoms with Crippen LogP contribution in [-0.2, 0) is 16.1 Å². The molecular formula is C14H18N2O2. The van der Waals surface area contributed by atoms with Crippen LogP contribution in [0.1, 0.15) is 23.6 Å². The molecule has 96 valence electrons. The number of carbonyl (C=O) groups is 2. The monoisotopic (exact) mass is 246 g/mol. The van der Waals surface area contributed by atoms with E-state index in [2.05, 4.69) is 5.32 Å². The van der Waals surface area contributed by atoms with Crippen molar-refractivity contribution in [2.75, 3.05) is 6.54 Å². The second kappa shape index (κ2) is 4.80. The third kappa shape index (κ3) is 2.37. The molecular weight excluding hydrogens is 228 g/mol. The first kappa shape index (κ1) is 12.6. The van der Waals surface area contributed by atoms with Gasteiger partial charge in [-0.15, -0.1) is 0 Å². The van der Waals surface area contributed by atoms with Crippen molar-refractivity contribution in [2.24, 2.45) is 0 Å². The first-order valence-corrected chi connectivity index (χ1v) is 6.12. The molecule has 4 heteroatoms. The Kier molecular flexibility index (Phi) is 3.36. The fourth-order valence-corrected chi connectivity index (χ4v) is 2.30. The molecule has 0 aromatic heterocycles. The van der Waals surface area contributed by atoms with Crippen molar-refractivity contribution < 1.29 is 9.59 Å². The van der Waals surface area contributed by atoms with Crippen LogP contribution in [0.3, 0.4) is 0 Å². The van der Waals surface area contributed by atoms with Crippen molar-refractivity contribution in [2.45, 2.75) is 33.4 Å². The van der Waals surface area contributed by atoms with Gasteiger partial charge in [-0.2, -0.15) is 0 Å².